The maximum absolute atomic E-state index is 12.0. The lowest BCUT2D eigenvalue weighted by atomic mass is 10.0. The summed E-state index contributed by atoms with van der Waals surface area (Å²) in [7, 11) is -1.01. The normalized spacial score (nSPS) is 13.2. The van der Waals surface area contributed by atoms with Crippen molar-refractivity contribution in [2.45, 2.75) is 24.8 Å². The second-order valence-electron chi connectivity index (χ2n) is 5.16. The van der Waals surface area contributed by atoms with E-state index in [0.717, 1.165) is 16.0 Å². The molecular formula is C17H20N2O2S. The smallest absolute Gasteiger partial charge is 0.319 e. The molecule has 0 radical (unpaired) electrons. The first kappa shape index (κ1) is 16.2. The van der Waals surface area contributed by atoms with E-state index in [-0.39, 0.29) is 12.1 Å². The first-order valence-electron chi connectivity index (χ1n) is 7.04. The molecule has 0 saturated carbocycles. The molecule has 2 rings (SSSR count). The molecule has 0 unspecified atom stereocenters. The molecule has 2 aromatic carbocycles. The van der Waals surface area contributed by atoms with Gasteiger partial charge >= 0.3 is 6.03 Å². The summed E-state index contributed by atoms with van der Waals surface area (Å²) in [6, 6.07) is 14.6. The van der Waals surface area contributed by atoms with Gasteiger partial charge in [-0.25, -0.2) is 4.79 Å². The van der Waals surface area contributed by atoms with E-state index in [0.29, 0.717) is 5.69 Å². The number of carbonyl (C=O) groups is 1. The molecule has 2 N–H and O–H groups in total. The average molecular weight is 316 g/mol. The lowest BCUT2D eigenvalue weighted by Crippen LogP contribution is -2.31. The molecule has 2 aromatic rings. The molecule has 0 spiro atoms. The van der Waals surface area contributed by atoms with Crippen molar-refractivity contribution in [1.82, 2.24) is 5.32 Å². The number of carbonyl (C=O) groups excluding carboxylic acids is 1. The van der Waals surface area contributed by atoms with Crippen LogP contribution >= 0.6 is 0 Å². The molecule has 2 amide bonds. The summed E-state index contributed by atoms with van der Waals surface area (Å²) in [4.78, 5) is 12.8. The van der Waals surface area contributed by atoms with E-state index in [2.05, 4.69) is 10.6 Å². The van der Waals surface area contributed by atoms with Gasteiger partial charge in [-0.3, -0.25) is 4.21 Å². The number of nitrogens with one attached hydrogen (secondary N) is 2. The fourth-order valence-electron chi connectivity index (χ4n) is 2.24. The Labute approximate surface area is 133 Å². The van der Waals surface area contributed by atoms with Gasteiger partial charge in [0.25, 0.3) is 0 Å². The molecule has 2 atom stereocenters. The number of hydrogen-bond donors (Lipinski definition) is 2. The lowest BCUT2D eigenvalue weighted by Gasteiger charge is -2.17. The zero-order valence-electron chi connectivity index (χ0n) is 12.9. The van der Waals surface area contributed by atoms with Crippen molar-refractivity contribution in [3.05, 3.63) is 59.7 Å². The van der Waals surface area contributed by atoms with Crippen LogP contribution in [-0.4, -0.2) is 16.5 Å². The Morgan fingerprint density at radius 1 is 1.09 bits per heavy atom. The van der Waals surface area contributed by atoms with Crippen LogP contribution in [0.4, 0.5) is 10.5 Å². The third-order valence-corrected chi connectivity index (χ3v) is 4.38. The van der Waals surface area contributed by atoms with Gasteiger partial charge in [0.05, 0.1) is 6.04 Å². The van der Waals surface area contributed by atoms with Crippen molar-refractivity contribution >= 4 is 22.5 Å². The van der Waals surface area contributed by atoms with E-state index >= 15 is 0 Å². The summed E-state index contributed by atoms with van der Waals surface area (Å²) >= 11 is 0. The SMILES string of the molecule is Cc1ccccc1[C@@H](C)NC(=O)Nc1ccc([S@@](C)=O)cc1. The van der Waals surface area contributed by atoms with Crippen LogP contribution in [0.2, 0.25) is 0 Å². The van der Waals surface area contributed by atoms with Gasteiger partial charge in [0.1, 0.15) is 0 Å². The maximum Gasteiger partial charge on any atom is 0.319 e. The third-order valence-electron chi connectivity index (χ3n) is 3.45. The summed E-state index contributed by atoms with van der Waals surface area (Å²) in [5.74, 6) is 0. The summed E-state index contributed by atoms with van der Waals surface area (Å²) in [5.41, 5.74) is 2.91. The minimum absolute atomic E-state index is 0.0800. The van der Waals surface area contributed by atoms with Crippen molar-refractivity contribution < 1.29 is 9.00 Å². The Kier molecular flexibility index (Phi) is 5.33. The highest BCUT2D eigenvalue weighted by Crippen LogP contribution is 2.17. The molecule has 116 valence electrons. The van der Waals surface area contributed by atoms with Gasteiger partial charge in [-0.15, -0.1) is 0 Å². The van der Waals surface area contributed by atoms with Crippen molar-refractivity contribution in [3.8, 4) is 0 Å². The second-order valence-corrected chi connectivity index (χ2v) is 6.53. The van der Waals surface area contributed by atoms with Crippen LogP contribution in [0.3, 0.4) is 0 Å². The van der Waals surface area contributed by atoms with Gasteiger partial charge in [0.2, 0.25) is 0 Å². The van der Waals surface area contributed by atoms with Crippen molar-refractivity contribution in [2.24, 2.45) is 0 Å². The van der Waals surface area contributed by atoms with Crippen molar-refractivity contribution in [1.29, 1.82) is 0 Å². The molecule has 0 bridgehead atoms. The van der Waals surface area contributed by atoms with Crippen LogP contribution in [0.25, 0.3) is 0 Å². The van der Waals surface area contributed by atoms with Gasteiger partial charge < -0.3 is 10.6 Å². The molecule has 4 nitrogen and oxygen atoms in total. The fraction of sp³-hybridized carbons (Fsp3) is 0.235. The highest BCUT2D eigenvalue weighted by Gasteiger charge is 2.11. The van der Waals surface area contributed by atoms with E-state index in [9.17, 15) is 9.00 Å². The predicted octanol–water partition coefficient (Wildman–Crippen LogP) is 3.62. The van der Waals surface area contributed by atoms with Crippen LogP contribution in [0.1, 0.15) is 24.1 Å². The summed E-state index contributed by atoms with van der Waals surface area (Å²) in [6.45, 7) is 3.97. The van der Waals surface area contributed by atoms with E-state index in [1.54, 1.807) is 30.5 Å². The molecular weight excluding hydrogens is 296 g/mol. The van der Waals surface area contributed by atoms with Crippen LogP contribution in [0.5, 0.6) is 0 Å². The largest absolute Gasteiger partial charge is 0.331 e. The summed E-state index contributed by atoms with van der Waals surface area (Å²) in [5, 5.41) is 5.69. The molecule has 0 aliphatic carbocycles. The first-order chi connectivity index (χ1) is 10.5. The molecule has 0 fully saturated rings. The Bertz CT molecular complexity index is 683. The highest BCUT2D eigenvalue weighted by molar-refractivity contribution is 7.84. The van der Waals surface area contributed by atoms with Crippen LogP contribution in [-0.2, 0) is 10.8 Å². The van der Waals surface area contributed by atoms with Gasteiger partial charge in [-0.1, -0.05) is 24.3 Å². The van der Waals surface area contributed by atoms with Crippen LogP contribution in [0.15, 0.2) is 53.4 Å². The number of benzene rings is 2. The van der Waals surface area contributed by atoms with E-state index in [4.69, 9.17) is 0 Å². The molecule has 0 saturated heterocycles. The Morgan fingerprint density at radius 2 is 1.73 bits per heavy atom. The van der Waals surface area contributed by atoms with Crippen molar-refractivity contribution in [2.75, 3.05) is 11.6 Å². The van der Waals surface area contributed by atoms with E-state index in [1.165, 1.54) is 0 Å². The number of amides is 2. The number of anilines is 1. The molecule has 5 heteroatoms. The number of rotatable bonds is 4. The first-order valence-corrected chi connectivity index (χ1v) is 8.59. The van der Waals surface area contributed by atoms with Crippen molar-refractivity contribution in [3.63, 3.8) is 0 Å². The minimum Gasteiger partial charge on any atom is -0.331 e. The molecule has 0 heterocycles. The Morgan fingerprint density at radius 3 is 2.32 bits per heavy atom. The quantitative estimate of drug-likeness (QED) is 0.905. The Balaban J connectivity index is 1.98. The molecule has 0 aliphatic rings. The van der Waals surface area contributed by atoms with Gasteiger partial charge in [0.15, 0.2) is 0 Å². The van der Waals surface area contributed by atoms with E-state index in [1.807, 2.05) is 38.1 Å². The zero-order valence-corrected chi connectivity index (χ0v) is 13.7. The highest BCUT2D eigenvalue weighted by atomic mass is 32.2. The molecule has 22 heavy (non-hydrogen) atoms. The number of aryl methyl sites for hydroxylation is 1. The summed E-state index contributed by atoms with van der Waals surface area (Å²) in [6.07, 6.45) is 1.62. The maximum atomic E-state index is 12.0. The summed E-state index contributed by atoms with van der Waals surface area (Å²) < 4.78 is 11.3. The standard InChI is InChI=1S/C17H20N2O2S/c1-12-6-4-5-7-16(12)13(2)18-17(20)19-14-8-10-15(11-9-14)22(3)21/h4-11,13H,1-3H3,(H2,18,19,20)/t13-,22-/m1/s1. The van der Waals surface area contributed by atoms with Crippen LogP contribution in [0, 0.1) is 6.92 Å². The lowest BCUT2D eigenvalue weighted by molar-refractivity contribution is 0.249. The molecule has 0 aromatic heterocycles. The predicted molar refractivity (Wildman–Crippen MR) is 90.5 cm³/mol. The molecule has 0 aliphatic heterocycles. The second kappa shape index (κ2) is 7.22. The number of hydrogen-bond acceptors (Lipinski definition) is 2. The van der Waals surface area contributed by atoms with Gasteiger partial charge in [-0.2, -0.15) is 0 Å². The van der Waals surface area contributed by atoms with Crippen LogP contribution < -0.4 is 10.6 Å². The topological polar surface area (TPSA) is 58.2 Å². The Hall–Kier alpha value is -2.14. The zero-order chi connectivity index (χ0) is 16.1. The van der Waals surface area contributed by atoms with E-state index < -0.39 is 10.8 Å². The monoisotopic (exact) mass is 316 g/mol. The number of urea groups is 1. The third kappa shape index (κ3) is 4.18. The average Bonchev–Trinajstić information content (AvgIpc) is 2.48. The van der Waals surface area contributed by atoms with Gasteiger partial charge in [0, 0.05) is 27.6 Å². The minimum atomic E-state index is -1.01. The fourth-order valence-corrected chi connectivity index (χ4v) is 2.76. The van der Waals surface area contributed by atoms with Gasteiger partial charge in [-0.05, 0) is 49.2 Å².